The third-order valence-electron chi connectivity index (χ3n) is 6.31. The molecule has 0 fully saturated rings. The van der Waals surface area contributed by atoms with Gasteiger partial charge in [-0.15, -0.1) is 17.9 Å². The Hall–Kier alpha value is -1.86. The molecular weight excluding hydrogens is 380 g/mol. The van der Waals surface area contributed by atoms with E-state index in [-0.39, 0.29) is 0 Å². The number of allylic oxidation sites excluding steroid dienone is 1. The maximum atomic E-state index is 3.84. The molecule has 0 saturated heterocycles. The van der Waals surface area contributed by atoms with Gasteiger partial charge in [-0.2, -0.15) is 0 Å². The molecule has 1 heteroatoms. The van der Waals surface area contributed by atoms with E-state index < -0.39 is 0 Å². The second kappa shape index (κ2) is 11.5. The Bertz CT molecular complexity index is 915. The Labute approximate surface area is 188 Å². The Morgan fingerprint density at radius 1 is 0.833 bits per heavy atom. The van der Waals surface area contributed by atoms with Gasteiger partial charge in [-0.3, -0.25) is 0 Å². The fourth-order valence-corrected chi connectivity index (χ4v) is 5.38. The summed E-state index contributed by atoms with van der Waals surface area (Å²) in [5.74, 6) is 1.70. The highest BCUT2D eigenvalue weighted by atomic mass is 32.1. The average Bonchev–Trinajstić information content (AvgIpc) is 3.17. The zero-order valence-electron chi connectivity index (χ0n) is 19.1. The van der Waals surface area contributed by atoms with Crippen LogP contribution in [0.25, 0.3) is 21.2 Å². The van der Waals surface area contributed by atoms with E-state index in [0.717, 1.165) is 24.7 Å². The molecule has 3 rings (SSSR count). The molecule has 30 heavy (non-hydrogen) atoms. The van der Waals surface area contributed by atoms with E-state index in [1.165, 1.54) is 70.2 Å². The first kappa shape index (κ1) is 22.8. The van der Waals surface area contributed by atoms with Gasteiger partial charge in [0.05, 0.1) is 0 Å². The molecule has 2 unspecified atom stereocenters. The van der Waals surface area contributed by atoms with Crippen molar-refractivity contribution in [2.45, 2.75) is 72.1 Å². The van der Waals surface area contributed by atoms with Gasteiger partial charge < -0.3 is 0 Å². The molecule has 0 saturated carbocycles. The summed E-state index contributed by atoms with van der Waals surface area (Å²) in [6, 6.07) is 18.5. The van der Waals surface area contributed by atoms with Crippen molar-refractivity contribution in [1.29, 1.82) is 0 Å². The predicted octanol–water partition coefficient (Wildman–Crippen LogP) is 9.47. The van der Waals surface area contributed by atoms with Crippen molar-refractivity contribution in [3.8, 4) is 11.1 Å². The van der Waals surface area contributed by atoms with E-state index in [0.29, 0.717) is 0 Å². The average molecular weight is 419 g/mol. The number of fused-ring (bicyclic) bond motifs is 1. The molecule has 0 aliphatic rings. The van der Waals surface area contributed by atoms with Crippen LogP contribution in [-0.2, 0) is 12.8 Å². The van der Waals surface area contributed by atoms with Crippen LogP contribution >= 0.6 is 11.3 Å². The van der Waals surface area contributed by atoms with Crippen LogP contribution in [0.1, 0.15) is 69.7 Å². The maximum absolute atomic E-state index is 3.84. The highest BCUT2D eigenvalue weighted by Gasteiger charge is 2.08. The van der Waals surface area contributed by atoms with Crippen LogP contribution in [0.2, 0.25) is 0 Å². The summed E-state index contributed by atoms with van der Waals surface area (Å²) in [5, 5.41) is 1.36. The molecule has 1 heterocycles. The van der Waals surface area contributed by atoms with E-state index in [1.807, 2.05) is 17.4 Å². The summed E-state index contributed by atoms with van der Waals surface area (Å²) >= 11 is 1.92. The van der Waals surface area contributed by atoms with Crippen molar-refractivity contribution < 1.29 is 0 Å². The smallest absolute Gasteiger partial charge is 0.0351 e. The fourth-order valence-electron chi connectivity index (χ4n) is 4.26. The van der Waals surface area contributed by atoms with Crippen LogP contribution in [0.3, 0.4) is 0 Å². The standard InChI is InChI=1S/C29H38S/c1-5-7-9-28-20-27-19-18-26(21-29(27)30-28)25-16-14-24(15-17-25)13-12-23(4)11-10-22(3)8-6-2/h5,14-23H,1,6-13H2,2-4H3. The third-order valence-corrected chi connectivity index (χ3v) is 7.47. The zero-order valence-corrected chi connectivity index (χ0v) is 19.9. The molecule has 0 spiro atoms. The second-order valence-corrected chi connectivity index (χ2v) is 10.3. The molecule has 0 amide bonds. The maximum Gasteiger partial charge on any atom is 0.0351 e. The summed E-state index contributed by atoms with van der Waals surface area (Å²) in [5.41, 5.74) is 4.11. The fraction of sp³-hybridized carbons (Fsp3) is 0.448. The number of benzene rings is 2. The van der Waals surface area contributed by atoms with Gasteiger partial charge in [0.25, 0.3) is 0 Å². The van der Waals surface area contributed by atoms with Gasteiger partial charge in [0.15, 0.2) is 0 Å². The van der Waals surface area contributed by atoms with E-state index in [4.69, 9.17) is 0 Å². The first-order chi connectivity index (χ1) is 14.6. The molecule has 2 atom stereocenters. The third kappa shape index (κ3) is 6.57. The number of aryl methyl sites for hydroxylation is 2. The van der Waals surface area contributed by atoms with Crippen molar-refractivity contribution in [3.63, 3.8) is 0 Å². The predicted molar refractivity (Wildman–Crippen MR) is 137 cm³/mol. The quantitative estimate of drug-likeness (QED) is 0.257. The minimum atomic E-state index is 0.820. The Morgan fingerprint density at radius 3 is 2.23 bits per heavy atom. The molecule has 3 aromatic rings. The number of hydrogen-bond donors (Lipinski definition) is 0. The SMILES string of the molecule is C=CCCc1cc2ccc(-c3ccc(CCC(C)CCC(C)CCC)cc3)cc2s1. The second-order valence-electron chi connectivity index (χ2n) is 9.10. The van der Waals surface area contributed by atoms with Crippen molar-refractivity contribution in [3.05, 3.63) is 71.6 Å². The normalized spacial score (nSPS) is 13.4. The Balaban J connectivity index is 1.56. The van der Waals surface area contributed by atoms with Gasteiger partial charge in [-0.25, -0.2) is 0 Å². The molecule has 1 aromatic heterocycles. The van der Waals surface area contributed by atoms with Crippen LogP contribution in [0.5, 0.6) is 0 Å². The topological polar surface area (TPSA) is 0 Å². The van der Waals surface area contributed by atoms with Gasteiger partial charge in [0.2, 0.25) is 0 Å². The highest BCUT2D eigenvalue weighted by molar-refractivity contribution is 7.19. The van der Waals surface area contributed by atoms with Crippen LogP contribution in [0.15, 0.2) is 61.2 Å². The molecule has 0 aliphatic heterocycles. The van der Waals surface area contributed by atoms with Crippen LogP contribution in [0, 0.1) is 11.8 Å². The van der Waals surface area contributed by atoms with Crippen molar-refractivity contribution in [2.75, 3.05) is 0 Å². The lowest BCUT2D eigenvalue weighted by atomic mass is 9.91. The largest absolute Gasteiger partial charge is 0.140 e. The summed E-state index contributed by atoms with van der Waals surface area (Å²) in [7, 11) is 0. The van der Waals surface area contributed by atoms with Crippen molar-refractivity contribution in [1.82, 2.24) is 0 Å². The van der Waals surface area contributed by atoms with Gasteiger partial charge in [-0.1, -0.05) is 88.9 Å². The molecule has 0 radical (unpaired) electrons. The number of rotatable bonds is 12. The lowest BCUT2D eigenvalue weighted by Gasteiger charge is -2.15. The highest BCUT2D eigenvalue weighted by Crippen LogP contribution is 2.31. The van der Waals surface area contributed by atoms with Crippen LogP contribution in [0.4, 0.5) is 0 Å². The molecule has 2 aromatic carbocycles. The Kier molecular flexibility index (Phi) is 8.75. The van der Waals surface area contributed by atoms with Gasteiger partial charge >= 0.3 is 0 Å². The minimum Gasteiger partial charge on any atom is -0.140 e. The molecule has 0 bridgehead atoms. The van der Waals surface area contributed by atoms with E-state index in [9.17, 15) is 0 Å². The lowest BCUT2D eigenvalue weighted by Crippen LogP contribution is -2.02. The van der Waals surface area contributed by atoms with E-state index in [1.54, 1.807) is 0 Å². The van der Waals surface area contributed by atoms with Gasteiger partial charge in [-0.05, 0) is 71.7 Å². The summed E-state index contributed by atoms with van der Waals surface area (Å²) in [6.45, 7) is 11.0. The number of hydrogen-bond acceptors (Lipinski definition) is 1. The lowest BCUT2D eigenvalue weighted by molar-refractivity contribution is 0.396. The van der Waals surface area contributed by atoms with Gasteiger partial charge in [0.1, 0.15) is 0 Å². The van der Waals surface area contributed by atoms with E-state index >= 15 is 0 Å². The first-order valence-electron chi connectivity index (χ1n) is 11.8. The first-order valence-corrected chi connectivity index (χ1v) is 12.6. The summed E-state index contributed by atoms with van der Waals surface area (Å²) in [6.07, 6.45) is 12.1. The molecule has 0 N–H and O–H groups in total. The van der Waals surface area contributed by atoms with Crippen LogP contribution < -0.4 is 0 Å². The number of thiophene rings is 1. The molecule has 0 aliphatic carbocycles. The van der Waals surface area contributed by atoms with Crippen LogP contribution in [-0.4, -0.2) is 0 Å². The summed E-state index contributed by atoms with van der Waals surface area (Å²) in [4.78, 5) is 1.45. The van der Waals surface area contributed by atoms with Crippen molar-refractivity contribution in [2.24, 2.45) is 11.8 Å². The molecular formula is C29H38S. The van der Waals surface area contributed by atoms with Gasteiger partial charge in [0, 0.05) is 9.58 Å². The zero-order chi connectivity index (χ0) is 21.3. The molecule has 160 valence electrons. The Morgan fingerprint density at radius 2 is 1.53 bits per heavy atom. The molecule has 0 nitrogen and oxygen atoms in total. The monoisotopic (exact) mass is 418 g/mol. The minimum absolute atomic E-state index is 0.820. The van der Waals surface area contributed by atoms with E-state index in [2.05, 4.69) is 75.9 Å². The summed E-state index contributed by atoms with van der Waals surface area (Å²) < 4.78 is 1.39. The van der Waals surface area contributed by atoms with Crippen molar-refractivity contribution >= 4 is 21.4 Å².